The summed E-state index contributed by atoms with van der Waals surface area (Å²) in [6.45, 7) is 1.61. The van der Waals surface area contributed by atoms with Crippen LogP contribution in [0.1, 0.15) is 18.4 Å². The maximum absolute atomic E-state index is 13.3. The van der Waals surface area contributed by atoms with Gasteiger partial charge in [-0.2, -0.15) is 0 Å². The number of hydrogen-bond acceptors (Lipinski definition) is 2. The summed E-state index contributed by atoms with van der Waals surface area (Å²) in [7, 11) is 0. The summed E-state index contributed by atoms with van der Waals surface area (Å²) in [5.74, 6) is -1.18. The van der Waals surface area contributed by atoms with E-state index in [1.807, 2.05) is 0 Å². The minimum absolute atomic E-state index is 0. The Morgan fingerprint density at radius 2 is 2.21 bits per heavy atom. The first-order valence-corrected chi connectivity index (χ1v) is 6.09. The normalized spacial score (nSPS) is 18.5. The van der Waals surface area contributed by atoms with Crippen molar-refractivity contribution >= 4 is 18.3 Å². The van der Waals surface area contributed by atoms with Gasteiger partial charge in [0.1, 0.15) is 11.6 Å². The molecule has 1 heterocycles. The molecule has 1 aliphatic rings. The lowest BCUT2D eigenvalue weighted by Crippen LogP contribution is -2.40. The van der Waals surface area contributed by atoms with Crippen molar-refractivity contribution in [2.45, 2.75) is 19.4 Å². The molecule has 0 spiro atoms. The molecule has 0 radical (unpaired) electrons. The molecule has 0 aromatic heterocycles. The van der Waals surface area contributed by atoms with E-state index in [9.17, 15) is 13.6 Å². The molecule has 1 aromatic carbocycles. The van der Waals surface area contributed by atoms with Gasteiger partial charge in [0.05, 0.1) is 5.92 Å². The number of benzene rings is 1. The molecule has 2 N–H and O–H groups in total. The fourth-order valence-corrected chi connectivity index (χ4v) is 2.08. The summed E-state index contributed by atoms with van der Waals surface area (Å²) in [6, 6.07) is 3.24. The van der Waals surface area contributed by atoms with Crippen LogP contribution >= 0.6 is 12.4 Å². The molecule has 19 heavy (non-hydrogen) atoms. The van der Waals surface area contributed by atoms with Crippen LogP contribution in [0.15, 0.2) is 18.2 Å². The summed E-state index contributed by atoms with van der Waals surface area (Å²) < 4.78 is 26.3. The molecular weight excluding hydrogens is 274 g/mol. The van der Waals surface area contributed by atoms with E-state index >= 15 is 0 Å². The molecule has 1 aromatic rings. The highest BCUT2D eigenvalue weighted by molar-refractivity contribution is 5.85. The van der Waals surface area contributed by atoms with Gasteiger partial charge in [0.25, 0.3) is 0 Å². The van der Waals surface area contributed by atoms with Crippen LogP contribution in [-0.4, -0.2) is 19.0 Å². The van der Waals surface area contributed by atoms with Gasteiger partial charge in [0.15, 0.2) is 0 Å². The monoisotopic (exact) mass is 290 g/mol. The number of nitrogens with one attached hydrogen (secondary N) is 2. The second-order valence-corrected chi connectivity index (χ2v) is 4.50. The van der Waals surface area contributed by atoms with E-state index in [0.717, 1.165) is 37.6 Å². The predicted octanol–water partition coefficient (Wildman–Crippen LogP) is 2.00. The lowest BCUT2D eigenvalue weighted by molar-refractivity contribution is -0.125. The van der Waals surface area contributed by atoms with Crippen molar-refractivity contribution < 1.29 is 13.6 Å². The smallest absolute Gasteiger partial charge is 0.224 e. The zero-order valence-corrected chi connectivity index (χ0v) is 11.2. The molecule has 1 amide bonds. The number of carbonyl (C=O) groups is 1. The summed E-state index contributed by atoms with van der Waals surface area (Å²) in [5, 5.41) is 5.79. The van der Waals surface area contributed by atoms with Gasteiger partial charge in [0.2, 0.25) is 5.91 Å². The van der Waals surface area contributed by atoms with Gasteiger partial charge in [-0.1, -0.05) is 0 Å². The van der Waals surface area contributed by atoms with Gasteiger partial charge < -0.3 is 10.6 Å². The highest BCUT2D eigenvalue weighted by Gasteiger charge is 2.20. The Kier molecular flexibility index (Phi) is 6.18. The van der Waals surface area contributed by atoms with Crippen LogP contribution < -0.4 is 10.6 Å². The Morgan fingerprint density at radius 3 is 2.89 bits per heavy atom. The van der Waals surface area contributed by atoms with Crippen molar-refractivity contribution in [3.05, 3.63) is 35.4 Å². The van der Waals surface area contributed by atoms with Crippen LogP contribution in [0.2, 0.25) is 0 Å². The Morgan fingerprint density at radius 1 is 1.42 bits per heavy atom. The lowest BCUT2D eigenvalue weighted by Gasteiger charge is -2.21. The molecule has 1 atom stereocenters. The fraction of sp³-hybridized carbons (Fsp3) is 0.462. The van der Waals surface area contributed by atoms with Gasteiger partial charge in [0, 0.05) is 18.7 Å². The first-order valence-electron chi connectivity index (χ1n) is 6.09. The van der Waals surface area contributed by atoms with Gasteiger partial charge in [-0.15, -0.1) is 12.4 Å². The highest BCUT2D eigenvalue weighted by Crippen LogP contribution is 2.12. The molecule has 1 saturated heterocycles. The minimum Gasteiger partial charge on any atom is -0.352 e. The van der Waals surface area contributed by atoms with E-state index in [1.54, 1.807) is 0 Å². The van der Waals surface area contributed by atoms with Crippen LogP contribution in [0.3, 0.4) is 0 Å². The third-order valence-corrected chi connectivity index (χ3v) is 3.13. The van der Waals surface area contributed by atoms with Crippen molar-refractivity contribution in [1.29, 1.82) is 0 Å². The molecular formula is C13H17ClF2N2O. The summed E-state index contributed by atoms with van der Waals surface area (Å²) in [4.78, 5) is 11.8. The Balaban J connectivity index is 0.00000180. The molecule has 1 aliphatic heterocycles. The van der Waals surface area contributed by atoms with E-state index < -0.39 is 11.6 Å². The fourth-order valence-electron chi connectivity index (χ4n) is 2.08. The molecule has 0 aliphatic carbocycles. The average molecular weight is 291 g/mol. The molecule has 106 valence electrons. The summed E-state index contributed by atoms with van der Waals surface area (Å²) in [5.41, 5.74) is 0.173. The zero-order valence-electron chi connectivity index (χ0n) is 10.4. The van der Waals surface area contributed by atoms with E-state index in [1.165, 1.54) is 0 Å². The maximum Gasteiger partial charge on any atom is 0.224 e. The van der Waals surface area contributed by atoms with Crippen LogP contribution in [0, 0.1) is 17.6 Å². The number of hydrogen-bond donors (Lipinski definition) is 2. The molecule has 2 rings (SSSR count). The van der Waals surface area contributed by atoms with Gasteiger partial charge in [-0.05, 0) is 37.6 Å². The van der Waals surface area contributed by atoms with Crippen molar-refractivity contribution in [2.75, 3.05) is 13.1 Å². The number of amides is 1. The SMILES string of the molecule is Cl.O=C(NCc1cc(F)ccc1F)[C@@H]1CCCNC1. The Hall–Kier alpha value is -1.20. The van der Waals surface area contributed by atoms with Crippen LogP contribution in [0.25, 0.3) is 0 Å². The van der Waals surface area contributed by atoms with E-state index in [4.69, 9.17) is 0 Å². The summed E-state index contributed by atoms with van der Waals surface area (Å²) in [6.07, 6.45) is 1.80. The zero-order chi connectivity index (χ0) is 13.0. The number of rotatable bonds is 3. The predicted molar refractivity (Wildman–Crippen MR) is 71.0 cm³/mol. The lowest BCUT2D eigenvalue weighted by atomic mass is 9.99. The highest BCUT2D eigenvalue weighted by atomic mass is 35.5. The molecule has 6 heteroatoms. The minimum atomic E-state index is -0.501. The van der Waals surface area contributed by atoms with Crippen molar-refractivity contribution in [1.82, 2.24) is 10.6 Å². The van der Waals surface area contributed by atoms with Crippen molar-refractivity contribution in [3.8, 4) is 0 Å². The Bertz CT molecular complexity index is 437. The second kappa shape index (κ2) is 7.40. The standard InChI is InChI=1S/C13H16F2N2O.ClH/c14-11-3-4-12(15)10(6-11)8-17-13(18)9-2-1-5-16-7-9;/h3-4,6,9,16H,1-2,5,7-8H2,(H,17,18);1H/t9-;/m1./s1. The van der Waals surface area contributed by atoms with E-state index in [0.29, 0.717) is 6.54 Å². The van der Waals surface area contributed by atoms with Crippen molar-refractivity contribution in [2.24, 2.45) is 5.92 Å². The van der Waals surface area contributed by atoms with Gasteiger partial charge in [-0.3, -0.25) is 4.79 Å². The van der Waals surface area contributed by atoms with Crippen molar-refractivity contribution in [3.63, 3.8) is 0 Å². The molecule has 0 saturated carbocycles. The van der Waals surface area contributed by atoms with Crippen LogP contribution in [-0.2, 0) is 11.3 Å². The quantitative estimate of drug-likeness (QED) is 0.894. The number of piperidine rings is 1. The maximum atomic E-state index is 13.3. The largest absolute Gasteiger partial charge is 0.352 e. The average Bonchev–Trinajstić information content (AvgIpc) is 2.40. The Labute approximate surface area is 117 Å². The number of carbonyl (C=O) groups excluding carboxylic acids is 1. The third-order valence-electron chi connectivity index (χ3n) is 3.13. The number of halogens is 3. The topological polar surface area (TPSA) is 41.1 Å². The molecule has 0 bridgehead atoms. The van der Waals surface area contributed by atoms with Crippen LogP contribution in [0.4, 0.5) is 8.78 Å². The van der Waals surface area contributed by atoms with Gasteiger partial charge in [-0.25, -0.2) is 8.78 Å². The second-order valence-electron chi connectivity index (χ2n) is 4.50. The molecule has 1 fully saturated rings. The van der Waals surface area contributed by atoms with Crippen LogP contribution in [0.5, 0.6) is 0 Å². The molecule has 3 nitrogen and oxygen atoms in total. The first kappa shape index (κ1) is 15.9. The summed E-state index contributed by atoms with van der Waals surface area (Å²) >= 11 is 0. The van der Waals surface area contributed by atoms with E-state index in [-0.39, 0.29) is 36.3 Å². The third kappa shape index (κ3) is 4.44. The molecule has 0 unspecified atom stereocenters. The first-order chi connectivity index (χ1) is 8.66. The van der Waals surface area contributed by atoms with Gasteiger partial charge >= 0.3 is 0 Å². The van der Waals surface area contributed by atoms with E-state index in [2.05, 4.69) is 10.6 Å².